The number of likely N-dealkylation sites (tertiary alicyclic amines) is 1. The highest BCUT2D eigenvalue weighted by Gasteiger charge is 2.29. The minimum Gasteiger partial charge on any atom is -0.383 e. The highest BCUT2D eigenvalue weighted by molar-refractivity contribution is 6.22. The minimum absolute atomic E-state index is 0.0477. The molecule has 3 atom stereocenters. The Morgan fingerprint density at radius 3 is 2.18 bits per heavy atom. The monoisotopic (exact) mass is 537 g/mol. The number of hydrogen-bond donors (Lipinski definition) is 3. The number of carbonyl (C=O) groups is 3. The van der Waals surface area contributed by atoms with Crippen LogP contribution in [0.3, 0.4) is 0 Å². The van der Waals surface area contributed by atoms with Gasteiger partial charge in [-0.2, -0.15) is 0 Å². The SMILES string of the molecule is CN(C(=O)CN1CCCC1)c1ccc(C(=O)NC2CCCCC2NC(=O)c2ccc3c(c2)NCC3Cl)cc1. The van der Waals surface area contributed by atoms with E-state index in [1.807, 2.05) is 24.3 Å². The van der Waals surface area contributed by atoms with E-state index in [1.165, 1.54) is 0 Å². The number of anilines is 2. The molecule has 2 fully saturated rings. The standard InChI is InChI=1S/C29H36ClN5O3/c1-34(27(36)18-35-14-4-5-15-35)21-11-8-19(9-12-21)28(37)32-24-6-2-3-7-25(24)33-29(38)20-10-13-22-23(30)17-31-26(22)16-20/h8-13,16,23-25,31H,2-7,14-15,17-18H2,1H3,(H,32,37)(H,33,38). The van der Waals surface area contributed by atoms with Crippen LogP contribution in [0.5, 0.6) is 0 Å². The lowest BCUT2D eigenvalue weighted by molar-refractivity contribution is -0.119. The summed E-state index contributed by atoms with van der Waals surface area (Å²) >= 11 is 6.29. The smallest absolute Gasteiger partial charge is 0.251 e. The van der Waals surface area contributed by atoms with Gasteiger partial charge in [0.05, 0.1) is 11.9 Å². The molecule has 9 heteroatoms. The number of carbonyl (C=O) groups excluding carboxylic acids is 3. The maximum absolute atomic E-state index is 13.1. The van der Waals surface area contributed by atoms with Gasteiger partial charge in [0.15, 0.2) is 0 Å². The Morgan fingerprint density at radius 1 is 0.921 bits per heavy atom. The molecule has 1 aliphatic carbocycles. The predicted molar refractivity (Wildman–Crippen MR) is 150 cm³/mol. The lowest BCUT2D eigenvalue weighted by Crippen LogP contribution is -2.53. The fourth-order valence-corrected chi connectivity index (χ4v) is 5.90. The summed E-state index contributed by atoms with van der Waals surface area (Å²) in [5.74, 6) is -0.278. The Hall–Kier alpha value is -3.10. The molecular weight excluding hydrogens is 502 g/mol. The quantitative estimate of drug-likeness (QED) is 0.465. The Kier molecular flexibility index (Phi) is 8.19. The summed E-state index contributed by atoms with van der Waals surface area (Å²) < 4.78 is 0. The number of hydrogen-bond acceptors (Lipinski definition) is 5. The zero-order valence-corrected chi connectivity index (χ0v) is 22.6. The van der Waals surface area contributed by atoms with Crippen molar-refractivity contribution in [3.05, 3.63) is 59.2 Å². The molecule has 0 radical (unpaired) electrons. The van der Waals surface area contributed by atoms with Crippen molar-refractivity contribution in [1.29, 1.82) is 0 Å². The summed E-state index contributed by atoms with van der Waals surface area (Å²) in [7, 11) is 1.77. The second kappa shape index (κ2) is 11.7. The molecule has 0 bridgehead atoms. The highest BCUT2D eigenvalue weighted by Crippen LogP contribution is 2.34. The van der Waals surface area contributed by atoms with Gasteiger partial charge >= 0.3 is 0 Å². The average molecular weight is 538 g/mol. The van der Waals surface area contributed by atoms with E-state index in [0.717, 1.165) is 68.6 Å². The first kappa shape index (κ1) is 26.5. The van der Waals surface area contributed by atoms with Gasteiger partial charge in [-0.15, -0.1) is 11.6 Å². The maximum atomic E-state index is 13.1. The molecule has 3 unspecified atom stereocenters. The van der Waals surface area contributed by atoms with Gasteiger partial charge < -0.3 is 20.9 Å². The van der Waals surface area contributed by atoms with E-state index in [1.54, 1.807) is 30.1 Å². The Morgan fingerprint density at radius 2 is 1.53 bits per heavy atom. The van der Waals surface area contributed by atoms with E-state index < -0.39 is 0 Å². The fourth-order valence-electron chi connectivity index (χ4n) is 5.63. The summed E-state index contributed by atoms with van der Waals surface area (Å²) in [5, 5.41) is 9.45. The number of rotatable bonds is 7. The lowest BCUT2D eigenvalue weighted by Gasteiger charge is -2.33. The van der Waals surface area contributed by atoms with Crippen LogP contribution in [0, 0.1) is 0 Å². The summed E-state index contributed by atoms with van der Waals surface area (Å²) in [5.41, 5.74) is 3.79. The van der Waals surface area contributed by atoms with Crippen molar-refractivity contribution < 1.29 is 14.4 Å². The predicted octanol–water partition coefficient (Wildman–Crippen LogP) is 3.92. The number of halogens is 1. The van der Waals surface area contributed by atoms with Crippen molar-refractivity contribution in [2.75, 3.05) is 43.4 Å². The molecule has 5 rings (SSSR count). The van der Waals surface area contributed by atoms with Crippen molar-refractivity contribution in [2.24, 2.45) is 0 Å². The van der Waals surface area contributed by atoms with Crippen molar-refractivity contribution in [3.8, 4) is 0 Å². The summed E-state index contributed by atoms with van der Waals surface area (Å²) in [6.07, 6.45) is 5.91. The van der Waals surface area contributed by atoms with Crippen LogP contribution in [0.2, 0.25) is 0 Å². The Labute approximate surface area is 229 Å². The second-order valence-corrected chi connectivity index (χ2v) is 11.1. The maximum Gasteiger partial charge on any atom is 0.251 e. The molecule has 38 heavy (non-hydrogen) atoms. The van der Waals surface area contributed by atoms with Gasteiger partial charge in [0.25, 0.3) is 11.8 Å². The first-order valence-electron chi connectivity index (χ1n) is 13.6. The molecule has 2 heterocycles. The minimum atomic E-state index is -0.177. The molecule has 0 spiro atoms. The number of amides is 3. The van der Waals surface area contributed by atoms with Crippen LogP contribution < -0.4 is 20.9 Å². The molecule has 2 aromatic rings. The summed E-state index contributed by atoms with van der Waals surface area (Å²) in [6, 6.07) is 12.4. The molecule has 3 N–H and O–H groups in total. The number of likely N-dealkylation sites (N-methyl/N-ethyl adjacent to an activating group) is 1. The largest absolute Gasteiger partial charge is 0.383 e. The van der Waals surface area contributed by atoms with Crippen LogP contribution in [-0.2, 0) is 4.79 Å². The third-order valence-corrected chi connectivity index (χ3v) is 8.36. The molecule has 1 saturated heterocycles. The van der Waals surface area contributed by atoms with Gasteiger partial charge in [-0.25, -0.2) is 0 Å². The van der Waals surface area contributed by atoms with Crippen LogP contribution in [0.4, 0.5) is 11.4 Å². The van der Waals surface area contributed by atoms with Gasteiger partial charge in [-0.05, 0) is 80.7 Å². The molecule has 3 amide bonds. The first-order chi connectivity index (χ1) is 18.4. The highest BCUT2D eigenvalue weighted by atomic mass is 35.5. The first-order valence-corrected chi connectivity index (χ1v) is 14.1. The normalized spacial score (nSPS) is 22.8. The molecular formula is C29H36ClN5O3. The fraction of sp³-hybridized carbons (Fsp3) is 0.483. The van der Waals surface area contributed by atoms with E-state index >= 15 is 0 Å². The van der Waals surface area contributed by atoms with Crippen LogP contribution in [0.25, 0.3) is 0 Å². The third-order valence-electron chi connectivity index (χ3n) is 7.97. The van der Waals surface area contributed by atoms with Crippen molar-refractivity contribution in [2.45, 2.75) is 56.0 Å². The van der Waals surface area contributed by atoms with Crippen molar-refractivity contribution in [3.63, 3.8) is 0 Å². The molecule has 0 aromatic heterocycles. The zero-order valence-electron chi connectivity index (χ0n) is 21.8. The number of benzene rings is 2. The van der Waals surface area contributed by atoms with Crippen molar-refractivity contribution >= 4 is 40.7 Å². The van der Waals surface area contributed by atoms with Crippen LogP contribution in [-0.4, -0.2) is 67.9 Å². The zero-order chi connectivity index (χ0) is 26.6. The van der Waals surface area contributed by atoms with E-state index in [2.05, 4.69) is 20.9 Å². The van der Waals surface area contributed by atoms with E-state index in [0.29, 0.717) is 24.2 Å². The molecule has 2 aromatic carbocycles. The second-order valence-electron chi connectivity index (χ2n) is 10.6. The van der Waals surface area contributed by atoms with Gasteiger partial charge in [0.2, 0.25) is 5.91 Å². The number of nitrogens with zero attached hydrogens (tertiary/aromatic N) is 2. The number of fused-ring (bicyclic) bond motifs is 1. The van der Waals surface area contributed by atoms with Gasteiger partial charge in [-0.1, -0.05) is 18.9 Å². The lowest BCUT2D eigenvalue weighted by atomic mass is 9.89. The molecule has 1 saturated carbocycles. The van der Waals surface area contributed by atoms with Crippen LogP contribution in [0.15, 0.2) is 42.5 Å². The van der Waals surface area contributed by atoms with Gasteiger partial charge in [-0.3, -0.25) is 19.3 Å². The van der Waals surface area contributed by atoms with E-state index in [4.69, 9.17) is 11.6 Å². The Bertz CT molecular complexity index is 1180. The number of nitrogens with one attached hydrogen (secondary N) is 3. The summed E-state index contributed by atoms with van der Waals surface area (Å²) in [6.45, 7) is 3.02. The van der Waals surface area contributed by atoms with E-state index in [9.17, 15) is 14.4 Å². The topological polar surface area (TPSA) is 93.8 Å². The summed E-state index contributed by atoms with van der Waals surface area (Å²) in [4.78, 5) is 42.6. The van der Waals surface area contributed by atoms with Crippen LogP contribution in [0.1, 0.15) is 70.2 Å². The van der Waals surface area contributed by atoms with E-state index in [-0.39, 0.29) is 35.2 Å². The average Bonchev–Trinajstić information content (AvgIpc) is 3.58. The molecule has 2 aliphatic heterocycles. The Balaban J connectivity index is 1.18. The van der Waals surface area contributed by atoms with Gasteiger partial charge in [0, 0.05) is 48.2 Å². The third kappa shape index (κ3) is 5.97. The van der Waals surface area contributed by atoms with Crippen molar-refractivity contribution in [1.82, 2.24) is 15.5 Å². The van der Waals surface area contributed by atoms with Crippen LogP contribution >= 0.6 is 11.6 Å². The molecule has 202 valence electrons. The van der Waals surface area contributed by atoms with Gasteiger partial charge in [0.1, 0.15) is 0 Å². The molecule has 8 nitrogen and oxygen atoms in total. The molecule has 3 aliphatic rings. The number of alkyl halides is 1.